The SMILES string of the molecule is COc1ccc(C#CCN)c(CSCC2CCCC2)c1. The molecular formula is C17H23NOS. The quantitative estimate of drug-likeness (QED) is 0.844. The molecule has 0 heterocycles. The fourth-order valence-corrected chi connectivity index (χ4v) is 3.84. The van der Waals surface area contributed by atoms with Gasteiger partial charge in [0.1, 0.15) is 5.75 Å². The van der Waals surface area contributed by atoms with E-state index in [1.807, 2.05) is 23.9 Å². The maximum absolute atomic E-state index is 5.46. The van der Waals surface area contributed by atoms with E-state index in [0.717, 1.165) is 23.0 Å². The summed E-state index contributed by atoms with van der Waals surface area (Å²) in [6.07, 6.45) is 5.64. The zero-order chi connectivity index (χ0) is 14.2. The molecule has 0 aliphatic heterocycles. The number of benzene rings is 1. The Labute approximate surface area is 126 Å². The van der Waals surface area contributed by atoms with Crippen LogP contribution in [-0.4, -0.2) is 19.4 Å². The second-order valence-electron chi connectivity index (χ2n) is 5.19. The monoisotopic (exact) mass is 289 g/mol. The van der Waals surface area contributed by atoms with Crippen LogP contribution >= 0.6 is 11.8 Å². The van der Waals surface area contributed by atoms with Gasteiger partial charge in [0.05, 0.1) is 13.7 Å². The minimum atomic E-state index is 0.403. The van der Waals surface area contributed by atoms with E-state index >= 15 is 0 Å². The van der Waals surface area contributed by atoms with E-state index in [1.54, 1.807) is 7.11 Å². The van der Waals surface area contributed by atoms with Crippen molar-refractivity contribution in [2.24, 2.45) is 11.7 Å². The van der Waals surface area contributed by atoms with Gasteiger partial charge in [0, 0.05) is 11.3 Å². The molecule has 1 aliphatic carbocycles. The molecule has 2 rings (SSSR count). The van der Waals surface area contributed by atoms with Crippen molar-refractivity contribution in [2.45, 2.75) is 31.4 Å². The minimum Gasteiger partial charge on any atom is -0.497 e. The Hall–Kier alpha value is -1.11. The van der Waals surface area contributed by atoms with Gasteiger partial charge in [0.25, 0.3) is 0 Å². The molecule has 1 aliphatic rings. The lowest BCUT2D eigenvalue weighted by atomic mass is 10.1. The summed E-state index contributed by atoms with van der Waals surface area (Å²) in [6.45, 7) is 0.403. The van der Waals surface area contributed by atoms with E-state index in [2.05, 4.69) is 17.9 Å². The molecule has 1 aromatic carbocycles. The number of hydrogen-bond donors (Lipinski definition) is 1. The van der Waals surface area contributed by atoms with Crippen LogP contribution in [0.1, 0.15) is 36.8 Å². The maximum Gasteiger partial charge on any atom is 0.119 e. The molecule has 2 nitrogen and oxygen atoms in total. The molecule has 0 unspecified atom stereocenters. The summed E-state index contributed by atoms with van der Waals surface area (Å²) in [6, 6.07) is 6.10. The third-order valence-corrected chi connectivity index (χ3v) is 4.95. The number of ether oxygens (including phenoxy) is 1. The first kappa shape index (κ1) is 15.3. The molecule has 108 valence electrons. The van der Waals surface area contributed by atoms with E-state index in [4.69, 9.17) is 10.5 Å². The average Bonchev–Trinajstić information content (AvgIpc) is 2.99. The molecule has 3 heteroatoms. The third-order valence-electron chi connectivity index (χ3n) is 3.72. The first-order valence-corrected chi connectivity index (χ1v) is 8.42. The number of thioether (sulfide) groups is 1. The van der Waals surface area contributed by atoms with Gasteiger partial charge in [-0.1, -0.05) is 24.7 Å². The van der Waals surface area contributed by atoms with Crippen LogP contribution in [0, 0.1) is 17.8 Å². The number of hydrogen-bond acceptors (Lipinski definition) is 3. The fourth-order valence-electron chi connectivity index (χ4n) is 2.60. The minimum absolute atomic E-state index is 0.403. The van der Waals surface area contributed by atoms with Gasteiger partial charge >= 0.3 is 0 Å². The topological polar surface area (TPSA) is 35.2 Å². The van der Waals surface area contributed by atoms with Gasteiger partial charge < -0.3 is 10.5 Å². The lowest BCUT2D eigenvalue weighted by molar-refractivity contribution is 0.414. The number of nitrogens with two attached hydrogens (primary N) is 1. The lowest BCUT2D eigenvalue weighted by Gasteiger charge is -2.10. The Balaban J connectivity index is 1.99. The summed E-state index contributed by atoms with van der Waals surface area (Å²) in [5, 5.41) is 0. The third kappa shape index (κ3) is 4.47. The van der Waals surface area contributed by atoms with Crippen LogP contribution in [0.4, 0.5) is 0 Å². The van der Waals surface area contributed by atoms with E-state index in [1.165, 1.54) is 37.0 Å². The highest BCUT2D eigenvalue weighted by molar-refractivity contribution is 7.98. The highest BCUT2D eigenvalue weighted by Crippen LogP contribution is 2.30. The fraction of sp³-hybridized carbons (Fsp3) is 0.529. The zero-order valence-corrected chi connectivity index (χ0v) is 13.0. The van der Waals surface area contributed by atoms with Crippen LogP contribution in [0.2, 0.25) is 0 Å². The van der Waals surface area contributed by atoms with Crippen molar-refractivity contribution >= 4 is 11.8 Å². The van der Waals surface area contributed by atoms with Crippen LogP contribution in [0.25, 0.3) is 0 Å². The molecule has 1 fully saturated rings. The number of rotatable bonds is 5. The van der Waals surface area contributed by atoms with Gasteiger partial charge in [0.2, 0.25) is 0 Å². The summed E-state index contributed by atoms with van der Waals surface area (Å²) in [7, 11) is 1.70. The molecule has 0 aromatic heterocycles. The molecule has 20 heavy (non-hydrogen) atoms. The highest BCUT2D eigenvalue weighted by atomic mass is 32.2. The summed E-state index contributed by atoms with van der Waals surface area (Å²) in [4.78, 5) is 0. The Morgan fingerprint density at radius 2 is 2.15 bits per heavy atom. The van der Waals surface area contributed by atoms with Gasteiger partial charge in [-0.25, -0.2) is 0 Å². The lowest BCUT2D eigenvalue weighted by Crippen LogP contribution is -1.98. The molecule has 0 bridgehead atoms. The van der Waals surface area contributed by atoms with E-state index in [0.29, 0.717) is 6.54 Å². The molecular weight excluding hydrogens is 266 g/mol. The molecule has 0 atom stereocenters. The van der Waals surface area contributed by atoms with Crippen molar-refractivity contribution in [2.75, 3.05) is 19.4 Å². The summed E-state index contributed by atoms with van der Waals surface area (Å²) >= 11 is 2.02. The first-order valence-electron chi connectivity index (χ1n) is 7.27. The van der Waals surface area contributed by atoms with Gasteiger partial charge in [0.15, 0.2) is 0 Å². The first-order chi connectivity index (χ1) is 9.83. The van der Waals surface area contributed by atoms with Gasteiger partial charge in [-0.15, -0.1) is 0 Å². The number of methoxy groups -OCH3 is 1. The van der Waals surface area contributed by atoms with Gasteiger partial charge in [-0.2, -0.15) is 11.8 Å². The summed E-state index contributed by atoms with van der Waals surface area (Å²) in [5.74, 6) is 10.2. The van der Waals surface area contributed by atoms with E-state index in [-0.39, 0.29) is 0 Å². The second-order valence-corrected chi connectivity index (χ2v) is 6.22. The predicted octanol–water partition coefficient (Wildman–Crippen LogP) is 3.43. The van der Waals surface area contributed by atoms with Crippen LogP contribution < -0.4 is 10.5 Å². The Morgan fingerprint density at radius 3 is 2.85 bits per heavy atom. The Kier molecular flexibility index (Phi) is 6.29. The smallest absolute Gasteiger partial charge is 0.119 e. The maximum atomic E-state index is 5.46. The Bertz CT molecular complexity index is 483. The van der Waals surface area contributed by atoms with Crippen molar-refractivity contribution in [1.82, 2.24) is 0 Å². The molecule has 0 spiro atoms. The summed E-state index contributed by atoms with van der Waals surface area (Å²) < 4.78 is 5.31. The normalized spacial score (nSPS) is 14.9. The van der Waals surface area contributed by atoms with Crippen molar-refractivity contribution in [3.8, 4) is 17.6 Å². The highest BCUT2D eigenvalue weighted by Gasteiger charge is 2.15. The van der Waals surface area contributed by atoms with Crippen LogP contribution in [0.15, 0.2) is 18.2 Å². The van der Waals surface area contributed by atoms with Crippen molar-refractivity contribution in [1.29, 1.82) is 0 Å². The van der Waals surface area contributed by atoms with Crippen LogP contribution in [0.3, 0.4) is 0 Å². The largest absolute Gasteiger partial charge is 0.497 e. The molecule has 0 saturated heterocycles. The van der Waals surface area contributed by atoms with Crippen LogP contribution in [0.5, 0.6) is 5.75 Å². The molecule has 1 saturated carbocycles. The van der Waals surface area contributed by atoms with Gasteiger partial charge in [-0.05, 0) is 48.3 Å². The zero-order valence-electron chi connectivity index (χ0n) is 12.2. The van der Waals surface area contributed by atoms with Crippen molar-refractivity contribution in [3.63, 3.8) is 0 Å². The average molecular weight is 289 g/mol. The van der Waals surface area contributed by atoms with Crippen molar-refractivity contribution < 1.29 is 4.74 Å². The molecule has 0 radical (unpaired) electrons. The molecule has 2 N–H and O–H groups in total. The van der Waals surface area contributed by atoms with E-state index < -0.39 is 0 Å². The van der Waals surface area contributed by atoms with Gasteiger partial charge in [-0.3, -0.25) is 0 Å². The second kappa shape index (κ2) is 8.24. The Morgan fingerprint density at radius 1 is 1.35 bits per heavy atom. The molecule has 1 aromatic rings. The predicted molar refractivity (Wildman–Crippen MR) is 87.0 cm³/mol. The van der Waals surface area contributed by atoms with Crippen molar-refractivity contribution in [3.05, 3.63) is 29.3 Å². The standard InChI is InChI=1S/C17H23NOS/c1-19-17-9-8-15(7-4-10-18)16(11-17)13-20-12-14-5-2-3-6-14/h8-9,11,14H,2-3,5-6,10,12-13,18H2,1H3. The molecule has 0 amide bonds. The summed E-state index contributed by atoms with van der Waals surface area (Å²) in [5.41, 5.74) is 7.80. The van der Waals surface area contributed by atoms with Crippen LogP contribution in [-0.2, 0) is 5.75 Å². The van der Waals surface area contributed by atoms with E-state index in [9.17, 15) is 0 Å².